The molecule has 4 heteroatoms. The lowest BCUT2D eigenvalue weighted by atomic mass is 10.1. The number of carbonyl (C=O) groups excluding carboxylic acids is 1. The summed E-state index contributed by atoms with van der Waals surface area (Å²) >= 11 is 0. The predicted molar refractivity (Wildman–Crippen MR) is 57.7 cm³/mol. The van der Waals surface area contributed by atoms with Gasteiger partial charge in [-0.05, 0) is 24.6 Å². The van der Waals surface area contributed by atoms with Crippen LogP contribution >= 0.6 is 0 Å². The van der Waals surface area contributed by atoms with Crippen LogP contribution in [0.1, 0.15) is 15.9 Å². The van der Waals surface area contributed by atoms with E-state index in [1.54, 1.807) is 19.2 Å². The van der Waals surface area contributed by atoms with Crippen molar-refractivity contribution in [3.63, 3.8) is 0 Å². The van der Waals surface area contributed by atoms with Crippen LogP contribution in [0.3, 0.4) is 0 Å². The number of methoxy groups -OCH3 is 2. The van der Waals surface area contributed by atoms with Crippen molar-refractivity contribution in [2.24, 2.45) is 5.73 Å². The summed E-state index contributed by atoms with van der Waals surface area (Å²) in [6, 6.07) is 3.39. The summed E-state index contributed by atoms with van der Waals surface area (Å²) in [5.41, 5.74) is 6.70. The summed E-state index contributed by atoms with van der Waals surface area (Å²) in [7, 11) is 3.10. The molecule has 4 nitrogen and oxygen atoms in total. The highest BCUT2D eigenvalue weighted by atomic mass is 16.5. The first kappa shape index (κ1) is 11.5. The van der Waals surface area contributed by atoms with Crippen LogP contribution in [0.5, 0.6) is 11.5 Å². The van der Waals surface area contributed by atoms with Crippen LogP contribution in [-0.4, -0.2) is 26.5 Å². The SMILES string of the molecule is COc1cc(C(=O)CN)cc(C)c1OC. The number of Topliss-reactive ketones (excluding diaryl/α,β-unsaturated/α-hetero) is 1. The minimum absolute atomic E-state index is 0.00504. The van der Waals surface area contributed by atoms with E-state index in [1.807, 2.05) is 6.92 Å². The quantitative estimate of drug-likeness (QED) is 0.756. The molecule has 0 saturated heterocycles. The maximum atomic E-state index is 11.4. The second-order valence-corrected chi connectivity index (χ2v) is 3.16. The van der Waals surface area contributed by atoms with Gasteiger partial charge in [0.15, 0.2) is 17.3 Å². The van der Waals surface area contributed by atoms with Crippen molar-refractivity contribution in [2.75, 3.05) is 20.8 Å². The fourth-order valence-electron chi connectivity index (χ4n) is 1.43. The minimum Gasteiger partial charge on any atom is -0.493 e. The Labute approximate surface area is 89.0 Å². The number of benzene rings is 1. The van der Waals surface area contributed by atoms with Crippen LogP contribution in [0.25, 0.3) is 0 Å². The molecule has 1 aromatic rings. The highest BCUT2D eigenvalue weighted by Gasteiger charge is 2.12. The molecule has 82 valence electrons. The lowest BCUT2D eigenvalue weighted by Crippen LogP contribution is -2.14. The molecule has 0 aromatic heterocycles. The highest BCUT2D eigenvalue weighted by molar-refractivity contribution is 5.98. The van der Waals surface area contributed by atoms with Gasteiger partial charge in [0.1, 0.15) is 0 Å². The van der Waals surface area contributed by atoms with Gasteiger partial charge in [0.2, 0.25) is 0 Å². The Hall–Kier alpha value is -1.55. The van der Waals surface area contributed by atoms with E-state index in [4.69, 9.17) is 15.2 Å². The largest absolute Gasteiger partial charge is 0.493 e. The van der Waals surface area contributed by atoms with Crippen molar-refractivity contribution in [1.82, 2.24) is 0 Å². The number of hydrogen-bond donors (Lipinski definition) is 1. The smallest absolute Gasteiger partial charge is 0.176 e. The molecule has 1 aromatic carbocycles. The number of ether oxygens (including phenoxy) is 2. The molecule has 0 atom stereocenters. The Bertz CT molecular complexity index is 374. The third kappa shape index (κ3) is 2.27. The van der Waals surface area contributed by atoms with Gasteiger partial charge in [0.25, 0.3) is 0 Å². The number of hydrogen-bond acceptors (Lipinski definition) is 4. The normalized spacial score (nSPS) is 9.87. The molecule has 0 aliphatic heterocycles. The zero-order valence-electron chi connectivity index (χ0n) is 9.16. The van der Waals surface area contributed by atoms with E-state index >= 15 is 0 Å². The lowest BCUT2D eigenvalue weighted by molar-refractivity contribution is 0.100. The third-order valence-electron chi connectivity index (χ3n) is 2.17. The van der Waals surface area contributed by atoms with Gasteiger partial charge in [0.05, 0.1) is 20.8 Å². The van der Waals surface area contributed by atoms with E-state index < -0.39 is 0 Å². The molecule has 0 aliphatic rings. The molecule has 0 heterocycles. The first-order chi connectivity index (χ1) is 7.13. The van der Waals surface area contributed by atoms with Crippen LogP contribution < -0.4 is 15.2 Å². The summed E-state index contributed by atoms with van der Waals surface area (Å²) in [5.74, 6) is 1.08. The van der Waals surface area contributed by atoms with Crippen molar-refractivity contribution in [1.29, 1.82) is 0 Å². The molecule has 2 N–H and O–H groups in total. The van der Waals surface area contributed by atoms with E-state index in [0.29, 0.717) is 17.1 Å². The molecule has 0 aliphatic carbocycles. The number of aryl methyl sites for hydroxylation is 1. The summed E-state index contributed by atoms with van der Waals surface area (Å²) in [6.45, 7) is 1.85. The van der Waals surface area contributed by atoms with E-state index in [-0.39, 0.29) is 12.3 Å². The predicted octanol–water partition coefficient (Wildman–Crippen LogP) is 1.15. The number of rotatable bonds is 4. The molecule has 0 radical (unpaired) electrons. The van der Waals surface area contributed by atoms with Gasteiger partial charge in [0, 0.05) is 5.56 Å². The van der Waals surface area contributed by atoms with Gasteiger partial charge in [-0.2, -0.15) is 0 Å². The fraction of sp³-hybridized carbons (Fsp3) is 0.364. The van der Waals surface area contributed by atoms with Gasteiger partial charge in [-0.25, -0.2) is 0 Å². The first-order valence-electron chi connectivity index (χ1n) is 4.60. The molecular weight excluding hydrogens is 194 g/mol. The maximum Gasteiger partial charge on any atom is 0.176 e. The first-order valence-corrected chi connectivity index (χ1v) is 4.60. The van der Waals surface area contributed by atoms with Crippen LogP contribution in [-0.2, 0) is 0 Å². The summed E-state index contributed by atoms with van der Waals surface area (Å²) in [5, 5.41) is 0. The van der Waals surface area contributed by atoms with Crippen molar-refractivity contribution >= 4 is 5.78 Å². The van der Waals surface area contributed by atoms with E-state index in [9.17, 15) is 4.79 Å². The molecule has 1 rings (SSSR count). The molecular formula is C11H15NO3. The lowest BCUT2D eigenvalue weighted by Gasteiger charge is -2.11. The van der Waals surface area contributed by atoms with Gasteiger partial charge in [-0.3, -0.25) is 4.79 Å². The average molecular weight is 209 g/mol. The fourth-order valence-corrected chi connectivity index (χ4v) is 1.43. The zero-order chi connectivity index (χ0) is 11.4. The molecule has 0 unspecified atom stereocenters. The number of nitrogens with two attached hydrogens (primary N) is 1. The van der Waals surface area contributed by atoms with E-state index in [2.05, 4.69) is 0 Å². The van der Waals surface area contributed by atoms with Crippen LogP contribution in [0, 0.1) is 6.92 Å². The van der Waals surface area contributed by atoms with Gasteiger partial charge in [-0.1, -0.05) is 0 Å². The van der Waals surface area contributed by atoms with Crippen molar-refractivity contribution in [3.05, 3.63) is 23.3 Å². The van der Waals surface area contributed by atoms with Crippen molar-refractivity contribution in [2.45, 2.75) is 6.92 Å². The Morgan fingerprint density at radius 1 is 1.33 bits per heavy atom. The monoisotopic (exact) mass is 209 g/mol. The standard InChI is InChI=1S/C11H15NO3/c1-7-4-8(9(13)6-12)5-10(14-2)11(7)15-3/h4-5H,6,12H2,1-3H3. The van der Waals surface area contributed by atoms with Crippen molar-refractivity contribution < 1.29 is 14.3 Å². The third-order valence-corrected chi connectivity index (χ3v) is 2.17. The molecule has 0 bridgehead atoms. The molecule has 15 heavy (non-hydrogen) atoms. The summed E-state index contributed by atoms with van der Waals surface area (Å²) in [6.07, 6.45) is 0. The Balaban J connectivity index is 3.25. The van der Waals surface area contributed by atoms with Gasteiger partial charge >= 0.3 is 0 Å². The highest BCUT2D eigenvalue weighted by Crippen LogP contribution is 2.31. The number of ketones is 1. The van der Waals surface area contributed by atoms with E-state index in [1.165, 1.54) is 7.11 Å². The average Bonchev–Trinajstić information content (AvgIpc) is 2.26. The second-order valence-electron chi connectivity index (χ2n) is 3.16. The zero-order valence-corrected chi connectivity index (χ0v) is 9.16. The van der Waals surface area contributed by atoms with Gasteiger partial charge < -0.3 is 15.2 Å². The Morgan fingerprint density at radius 3 is 2.47 bits per heavy atom. The Kier molecular flexibility index (Phi) is 3.68. The Morgan fingerprint density at radius 2 is 2.00 bits per heavy atom. The molecule has 0 amide bonds. The maximum absolute atomic E-state index is 11.4. The molecule has 0 spiro atoms. The van der Waals surface area contributed by atoms with Crippen LogP contribution in [0.2, 0.25) is 0 Å². The van der Waals surface area contributed by atoms with Gasteiger partial charge in [-0.15, -0.1) is 0 Å². The van der Waals surface area contributed by atoms with E-state index in [0.717, 1.165) is 5.56 Å². The molecule has 0 saturated carbocycles. The topological polar surface area (TPSA) is 61.5 Å². The van der Waals surface area contributed by atoms with Crippen LogP contribution in [0.15, 0.2) is 12.1 Å². The van der Waals surface area contributed by atoms with Crippen molar-refractivity contribution in [3.8, 4) is 11.5 Å². The minimum atomic E-state index is -0.112. The second kappa shape index (κ2) is 4.79. The summed E-state index contributed by atoms with van der Waals surface area (Å²) < 4.78 is 10.3. The van der Waals surface area contributed by atoms with Crippen LogP contribution in [0.4, 0.5) is 0 Å². The number of carbonyl (C=O) groups is 1. The summed E-state index contributed by atoms with van der Waals surface area (Å²) in [4.78, 5) is 11.4. The molecule has 0 fully saturated rings.